The highest BCUT2D eigenvalue weighted by molar-refractivity contribution is 5.43. The van der Waals surface area contributed by atoms with E-state index in [-0.39, 0.29) is 5.69 Å². The predicted octanol–water partition coefficient (Wildman–Crippen LogP) is 2.85. The summed E-state index contributed by atoms with van der Waals surface area (Å²) in [5.74, 6) is 0. The van der Waals surface area contributed by atoms with Crippen molar-refractivity contribution in [2.24, 2.45) is 0 Å². The lowest BCUT2D eigenvalue weighted by molar-refractivity contribution is -0.384. The first kappa shape index (κ1) is 17.5. The van der Waals surface area contributed by atoms with Crippen LogP contribution >= 0.6 is 0 Å². The Morgan fingerprint density at radius 3 is 2.68 bits per heavy atom. The molecule has 4 aromatic rings. The summed E-state index contributed by atoms with van der Waals surface area (Å²) in [6.07, 6.45) is 4.83. The fourth-order valence-corrected chi connectivity index (χ4v) is 2.95. The largest absolute Gasteiger partial charge is 0.271 e. The van der Waals surface area contributed by atoms with Crippen LogP contribution in [0.25, 0.3) is 11.4 Å². The van der Waals surface area contributed by atoms with E-state index in [1.165, 1.54) is 12.1 Å². The summed E-state index contributed by atoms with van der Waals surface area (Å²) >= 11 is 0. The molecule has 9 heteroatoms. The van der Waals surface area contributed by atoms with E-state index in [4.69, 9.17) is 0 Å². The number of nitrogens with zero attached hydrogens (tertiary/aromatic N) is 7. The van der Waals surface area contributed by atoms with E-state index in [0.29, 0.717) is 18.5 Å². The van der Waals surface area contributed by atoms with Crippen molar-refractivity contribution in [1.82, 2.24) is 30.0 Å². The molecule has 0 aliphatic carbocycles. The Morgan fingerprint density at radius 2 is 1.86 bits per heavy atom. The molecule has 2 aromatic heterocycles. The summed E-state index contributed by atoms with van der Waals surface area (Å²) in [6, 6.07) is 14.4. The first-order valence-corrected chi connectivity index (χ1v) is 8.73. The average Bonchev–Trinajstić information content (AvgIpc) is 3.36. The van der Waals surface area contributed by atoms with Crippen molar-refractivity contribution in [2.75, 3.05) is 0 Å². The minimum atomic E-state index is -0.427. The van der Waals surface area contributed by atoms with Crippen LogP contribution in [0.2, 0.25) is 0 Å². The minimum absolute atomic E-state index is 0.0139. The average molecular weight is 375 g/mol. The molecule has 0 saturated carbocycles. The minimum Gasteiger partial charge on any atom is -0.258 e. The van der Waals surface area contributed by atoms with Crippen LogP contribution in [-0.4, -0.2) is 34.9 Å². The van der Waals surface area contributed by atoms with Gasteiger partial charge >= 0.3 is 0 Å². The van der Waals surface area contributed by atoms with Crippen molar-refractivity contribution in [1.29, 1.82) is 0 Å². The second-order valence-corrected chi connectivity index (χ2v) is 6.41. The quantitative estimate of drug-likeness (QED) is 0.379. The van der Waals surface area contributed by atoms with Crippen molar-refractivity contribution in [2.45, 2.75) is 19.8 Å². The second-order valence-electron chi connectivity index (χ2n) is 6.41. The molecular formula is C19H17N7O2. The summed E-state index contributed by atoms with van der Waals surface area (Å²) in [4.78, 5) is 10.6. The summed E-state index contributed by atoms with van der Waals surface area (Å²) in [5, 5.41) is 27.4. The number of hydrogen-bond donors (Lipinski definition) is 0. The standard InChI is InChI=1S/C19H17N7O2/c1-14-4-2-5-16(10-14)24-13-15(21-23-24)8-9-19-12-20-22-25(19)17-6-3-7-18(11-17)26(27)28/h2-7,10-13H,8-9H2,1H3. The number of aromatic nitrogens is 6. The molecular weight excluding hydrogens is 358 g/mol. The Bertz CT molecular complexity index is 1130. The van der Waals surface area contributed by atoms with Gasteiger partial charge < -0.3 is 0 Å². The van der Waals surface area contributed by atoms with E-state index < -0.39 is 4.92 Å². The lowest BCUT2D eigenvalue weighted by atomic mass is 10.2. The molecule has 0 amide bonds. The Kier molecular flexibility index (Phi) is 4.63. The SMILES string of the molecule is Cc1cccc(-n2cc(CCc3cnnn3-c3cccc([N+](=O)[O-])c3)nn2)c1. The highest BCUT2D eigenvalue weighted by atomic mass is 16.6. The number of hydrogen-bond acceptors (Lipinski definition) is 6. The summed E-state index contributed by atoms with van der Waals surface area (Å²) < 4.78 is 3.36. The Hall–Kier alpha value is -3.88. The molecule has 0 unspecified atom stereocenters. The molecule has 9 nitrogen and oxygen atoms in total. The number of nitro benzene ring substituents is 1. The van der Waals surface area contributed by atoms with E-state index in [1.807, 2.05) is 37.4 Å². The highest BCUT2D eigenvalue weighted by Crippen LogP contribution is 2.18. The van der Waals surface area contributed by atoms with Crippen molar-refractivity contribution in [3.05, 3.63) is 88.0 Å². The zero-order valence-electron chi connectivity index (χ0n) is 15.1. The summed E-state index contributed by atoms with van der Waals surface area (Å²) in [5.41, 5.74) is 4.41. The summed E-state index contributed by atoms with van der Waals surface area (Å²) in [6.45, 7) is 2.03. The van der Waals surface area contributed by atoms with Crippen molar-refractivity contribution in [3.63, 3.8) is 0 Å². The molecule has 0 bridgehead atoms. The van der Waals surface area contributed by atoms with Gasteiger partial charge in [-0.05, 0) is 43.5 Å². The zero-order valence-corrected chi connectivity index (χ0v) is 15.1. The molecule has 2 heterocycles. The molecule has 28 heavy (non-hydrogen) atoms. The van der Waals surface area contributed by atoms with Gasteiger partial charge in [-0.25, -0.2) is 9.36 Å². The van der Waals surface area contributed by atoms with Crippen LogP contribution in [0, 0.1) is 17.0 Å². The zero-order chi connectivity index (χ0) is 19.5. The van der Waals surface area contributed by atoms with Gasteiger partial charge in [-0.1, -0.05) is 28.6 Å². The number of nitro groups is 1. The van der Waals surface area contributed by atoms with Gasteiger partial charge in [0.15, 0.2) is 0 Å². The van der Waals surface area contributed by atoms with Gasteiger partial charge in [-0.2, -0.15) is 0 Å². The topological polar surface area (TPSA) is 105 Å². The number of benzene rings is 2. The molecule has 0 aliphatic rings. The van der Waals surface area contributed by atoms with Crippen LogP contribution in [0.5, 0.6) is 0 Å². The lowest BCUT2D eigenvalue weighted by Crippen LogP contribution is -2.04. The number of aryl methyl sites for hydroxylation is 3. The van der Waals surface area contributed by atoms with Crippen LogP contribution in [0.1, 0.15) is 17.0 Å². The van der Waals surface area contributed by atoms with Crippen molar-refractivity contribution in [3.8, 4) is 11.4 Å². The van der Waals surface area contributed by atoms with E-state index in [2.05, 4.69) is 20.6 Å². The van der Waals surface area contributed by atoms with Crippen LogP contribution in [0.3, 0.4) is 0 Å². The van der Waals surface area contributed by atoms with Crippen LogP contribution in [-0.2, 0) is 12.8 Å². The molecule has 0 aliphatic heterocycles. The molecule has 0 radical (unpaired) electrons. The predicted molar refractivity (Wildman–Crippen MR) is 102 cm³/mol. The van der Waals surface area contributed by atoms with E-state index in [9.17, 15) is 10.1 Å². The van der Waals surface area contributed by atoms with E-state index >= 15 is 0 Å². The van der Waals surface area contributed by atoms with Crippen LogP contribution in [0.15, 0.2) is 60.9 Å². The maximum Gasteiger partial charge on any atom is 0.271 e. The van der Waals surface area contributed by atoms with Gasteiger partial charge in [0.25, 0.3) is 5.69 Å². The molecule has 4 rings (SSSR count). The second kappa shape index (κ2) is 7.39. The molecule has 0 N–H and O–H groups in total. The van der Waals surface area contributed by atoms with Gasteiger partial charge in [-0.15, -0.1) is 10.2 Å². The maximum atomic E-state index is 11.0. The fraction of sp³-hybridized carbons (Fsp3) is 0.158. The molecule has 0 saturated heterocycles. The Balaban J connectivity index is 1.51. The van der Waals surface area contributed by atoms with Gasteiger partial charge in [-0.3, -0.25) is 10.1 Å². The van der Waals surface area contributed by atoms with Gasteiger partial charge in [0, 0.05) is 12.1 Å². The lowest BCUT2D eigenvalue weighted by Gasteiger charge is -2.05. The monoisotopic (exact) mass is 375 g/mol. The van der Waals surface area contributed by atoms with Crippen molar-refractivity contribution < 1.29 is 4.92 Å². The molecule has 0 fully saturated rings. The smallest absolute Gasteiger partial charge is 0.258 e. The third-order valence-corrected chi connectivity index (χ3v) is 4.35. The van der Waals surface area contributed by atoms with E-state index in [1.54, 1.807) is 27.7 Å². The Morgan fingerprint density at radius 1 is 1.04 bits per heavy atom. The third-order valence-electron chi connectivity index (χ3n) is 4.35. The summed E-state index contributed by atoms with van der Waals surface area (Å²) in [7, 11) is 0. The molecule has 2 aromatic carbocycles. The van der Waals surface area contributed by atoms with Gasteiger partial charge in [0.05, 0.1) is 40.1 Å². The fourth-order valence-electron chi connectivity index (χ4n) is 2.95. The highest BCUT2D eigenvalue weighted by Gasteiger charge is 2.12. The molecule has 0 spiro atoms. The maximum absolute atomic E-state index is 11.0. The first-order chi connectivity index (χ1) is 13.6. The van der Waals surface area contributed by atoms with Gasteiger partial charge in [0.2, 0.25) is 0 Å². The van der Waals surface area contributed by atoms with Crippen molar-refractivity contribution >= 4 is 5.69 Å². The number of non-ortho nitro benzene ring substituents is 1. The first-order valence-electron chi connectivity index (χ1n) is 8.73. The molecule has 0 atom stereocenters. The van der Waals surface area contributed by atoms with E-state index in [0.717, 1.165) is 22.6 Å². The van der Waals surface area contributed by atoms with Gasteiger partial charge in [0.1, 0.15) is 0 Å². The molecule has 140 valence electrons. The third kappa shape index (κ3) is 3.63. The van der Waals surface area contributed by atoms with Crippen LogP contribution < -0.4 is 0 Å². The number of rotatable bonds is 6. The Labute approximate surface area is 160 Å². The normalized spacial score (nSPS) is 10.9. The van der Waals surface area contributed by atoms with Crippen LogP contribution in [0.4, 0.5) is 5.69 Å².